The zero-order valence-electron chi connectivity index (χ0n) is 6.92. The molecule has 0 saturated heterocycles. The summed E-state index contributed by atoms with van der Waals surface area (Å²) in [5, 5.41) is 17.8. The summed E-state index contributed by atoms with van der Waals surface area (Å²) in [6.07, 6.45) is 0. The molecule has 0 atom stereocenters. The minimum atomic E-state index is -1.14. The van der Waals surface area contributed by atoms with Crippen molar-refractivity contribution in [2.75, 3.05) is 13.2 Å². The Kier molecular flexibility index (Phi) is 3.42. The summed E-state index contributed by atoms with van der Waals surface area (Å²) < 4.78 is 0. The minimum Gasteiger partial charge on any atom is -0.395 e. The van der Waals surface area contributed by atoms with E-state index in [2.05, 4.69) is 6.58 Å². The monoisotopic (exact) mass is 158 g/mol. The van der Waals surface area contributed by atoms with E-state index in [1.165, 1.54) is 6.92 Å². The van der Waals surface area contributed by atoms with Gasteiger partial charge in [-0.15, -0.1) is 0 Å². The molecule has 0 unspecified atom stereocenters. The molecule has 64 valence electrons. The van der Waals surface area contributed by atoms with Crippen molar-refractivity contribution < 1.29 is 15.0 Å². The van der Waals surface area contributed by atoms with E-state index in [4.69, 9.17) is 10.2 Å². The van der Waals surface area contributed by atoms with Crippen LogP contribution in [0.15, 0.2) is 12.2 Å². The van der Waals surface area contributed by atoms with Crippen LogP contribution in [0.4, 0.5) is 0 Å². The van der Waals surface area contributed by atoms with Gasteiger partial charge in [0.1, 0.15) is 5.78 Å². The first-order valence-corrected chi connectivity index (χ1v) is 3.40. The second-order valence-corrected chi connectivity index (χ2v) is 2.73. The summed E-state index contributed by atoms with van der Waals surface area (Å²) in [6, 6.07) is 0. The van der Waals surface area contributed by atoms with Gasteiger partial charge in [0.15, 0.2) is 0 Å². The Balaban J connectivity index is 4.76. The number of hydrogen-bond acceptors (Lipinski definition) is 3. The topological polar surface area (TPSA) is 57.5 Å². The van der Waals surface area contributed by atoms with E-state index in [-0.39, 0.29) is 19.0 Å². The lowest BCUT2D eigenvalue weighted by Gasteiger charge is -2.26. The molecule has 0 bridgehead atoms. The summed E-state index contributed by atoms with van der Waals surface area (Å²) in [7, 11) is 0. The average Bonchev–Trinajstić information content (AvgIpc) is 1.90. The Hall–Kier alpha value is -0.670. The molecule has 0 amide bonds. The lowest BCUT2D eigenvalue weighted by atomic mass is 9.80. The molecule has 0 aromatic carbocycles. The highest BCUT2D eigenvalue weighted by atomic mass is 16.3. The van der Waals surface area contributed by atoms with Crippen LogP contribution in [-0.2, 0) is 4.79 Å². The molecule has 0 rings (SSSR count). The molecule has 0 aliphatic heterocycles. The second kappa shape index (κ2) is 3.64. The third-order valence-corrected chi connectivity index (χ3v) is 2.03. The molecule has 0 radical (unpaired) electrons. The molecule has 0 spiro atoms. The number of aliphatic hydroxyl groups is 2. The van der Waals surface area contributed by atoms with Gasteiger partial charge in [-0.1, -0.05) is 12.2 Å². The van der Waals surface area contributed by atoms with Crippen LogP contribution in [-0.4, -0.2) is 29.2 Å². The summed E-state index contributed by atoms with van der Waals surface area (Å²) in [6.45, 7) is 5.74. The maximum Gasteiger partial charge on any atom is 0.144 e. The first kappa shape index (κ1) is 10.3. The van der Waals surface area contributed by atoms with Crippen LogP contribution in [0.3, 0.4) is 0 Å². The van der Waals surface area contributed by atoms with Crippen molar-refractivity contribution in [3.05, 3.63) is 12.2 Å². The molecule has 2 N–H and O–H groups in total. The Morgan fingerprint density at radius 1 is 1.36 bits per heavy atom. The van der Waals surface area contributed by atoms with Crippen molar-refractivity contribution in [2.45, 2.75) is 13.8 Å². The van der Waals surface area contributed by atoms with Crippen LogP contribution in [0.25, 0.3) is 0 Å². The Morgan fingerprint density at radius 3 is 1.73 bits per heavy atom. The van der Waals surface area contributed by atoms with Gasteiger partial charge in [-0.25, -0.2) is 0 Å². The molecule has 0 fully saturated rings. The summed E-state index contributed by atoms with van der Waals surface area (Å²) in [5.74, 6) is -0.255. The van der Waals surface area contributed by atoms with Crippen molar-refractivity contribution in [3.8, 4) is 0 Å². The fraction of sp³-hybridized carbons (Fsp3) is 0.625. The third kappa shape index (κ3) is 1.67. The van der Waals surface area contributed by atoms with Crippen molar-refractivity contribution in [1.82, 2.24) is 0 Å². The van der Waals surface area contributed by atoms with E-state index in [1.807, 2.05) is 0 Å². The summed E-state index contributed by atoms with van der Waals surface area (Å²) >= 11 is 0. The fourth-order valence-electron chi connectivity index (χ4n) is 0.843. The smallest absolute Gasteiger partial charge is 0.144 e. The number of Topliss-reactive ketones (excluding diaryl/α,β-unsaturated/α-hetero) is 1. The number of aliphatic hydroxyl groups excluding tert-OH is 2. The van der Waals surface area contributed by atoms with Crippen LogP contribution in [0, 0.1) is 5.41 Å². The first-order chi connectivity index (χ1) is 5.01. The standard InChI is InChI=1S/C8H14O3/c1-6(2)8(4-9,5-10)7(3)11/h9-10H,1,4-5H2,2-3H3. The minimum absolute atomic E-state index is 0.255. The molecule has 3 nitrogen and oxygen atoms in total. The molecule has 0 aromatic rings. The number of carbonyl (C=O) groups is 1. The second-order valence-electron chi connectivity index (χ2n) is 2.73. The zero-order valence-corrected chi connectivity index (χ0v) is 6.92. The van der Waals surface area contributed by atoms with E-state index >= 15 is 0 Å². The van der Waals surface area contributed by atoms with Gasteiger partial charge in [0, 0.05) is 0 Å². The van der Waals surface area contributed by atoms with E-state index < -0.39 is 5.41 Å². The Labute approximate surface area is 66.4 Å². The fourth-order valence-corrected chi connectivity index (χ4v) is 0.843. The van der Waals surface area contributed by atoms with Crippen molar-refractivity contribution >= 4 is 5.78 Å². The normalized spacial score (nSPS) is 11.3. The number of hydrogen-bond donors (Lipinski definition) is 2. The summed E-state index contributed by atoms with van der Waals surface area (Å²) in [5.41, 5.74) is -0.644. The van der Waals surface area contributed by atoms with E-state index in [9.17, 15) is 4.79 Å². The van der Waals surface area contributed by atoms with E-state index in [0.29, 0.717) is 5.57 Å². The van der Waals surface area contributed by atoms with Gasteiger partial charge in [0.05, 0.1) is 18.6 Å². The predicted octanol–water partition coefficient (Wildman–Crippen LogP) is 0.122. The molecule has 0 aliphatic carbocycles. The van der Waals surface area contributed by atoms with Crippen molar-refractivity contribution in [1.29, 1.82) is 0 Å². The van der Waals surface area contributed by atoms with Gasteiger partial charge in [-0.2, -0.15) is 0 Å². The molecule has 0 heterocycles. The first-order valence-electron chi connectivity index (χ1n) is 3.40. The maximum atomic E-state index is 11.0. The lowest BCUT2D eigenvalue weighted by molar-refractivity contribution is -0.128. The molecule has 0 aromatic heterocycles. The molecule has 0 saturated carbocycles. The van der Waals surface area contributed by atoms with Crippen LogP contribution in [0.5, 0.6) is 0 Å². The van der Waals surface area contributed by atoms with Gasteiger partial charge >= 0.3 is 0 Å². The largest absolute Gasteiger partial charge is 0.395 e. The quantitative estimate of drug-likeness (QED) is 0.571. The van der Waals surface area contributed by atoms with Crippen LogP contribution in [0.1, 0.15) is 13.8 Å². The highest BCUT2D eigenvalue weighted by molar-refractivity contribution is 5.85. The van der Waals surface area contributed by atoms with Crippen LogP contribution >= 0.6 is 0 Å². The molecular weight excluding hydrogens is 144 g/mol. The van der Waals surface area contributed by atoms with Gasteiger partial charge in [-0.3, -0.25) is 4.79 Å². The zero-order chi connectivity index (χ0) is 9.07. The van der Waals surface area contributed by atoms with Gasteiger partial charge in [-0.05, 0) is 13.8 Å². The molecule has 11 heavy (non-hydrogen) atoms. The highest BCUT2D eigenvalue weighted by Crippen LogP contribution is 2.25. The van der Waals surface area contributed by atoms with Gasteiger partial charge < -0.3 is 10.2 Å². The predicted molar refractivity (Wildman–Crippen MR) is 42.1 cm³/mol. The van der Waals surface area contributed by atoms with Crippen LogP contribution in [0.2, 0.25) is 0 Å². The van der Waals surface area contributed by atoms with E-state index in [1.54, 1.807) is 6.92 Å². The highest BCUT2D eigenvalue weighted by Gasteiger charge is 2.34. The van der Waals surface area contributed by atoms with Crippen molar-refractivity contribution in [3.63, 3.8) is 0 Å². The molecule has 0 aliphatic rings. The maximum absolute atomic E-state index is 11.0. The molecular formula is C8H14O3. The average molecular weight is 158 g/mol. The van der Waals surface area contributed by atoms with E-state index in [0.717, 1.165) is 0 Å². The Bertz CT molecular complexity index is 152. The van der Waals surface area contributed by atoms with Gasteiger partial charge in [0.25, 0.3) is 0 Å². The van der Waals surface area contributed by atoms with Crippen molar-refractivity contribution in [2.24, 2.45) is 5.41 Å². The number of rotatable bonds is 4. The summed E-state index contributed by atoms with van der Waals surface area (Å²) in [4.78, 5) is 11.0. The third-order valence-electron chi connectivity index (χ3n) is 2.03. The lowest BCUT2D eigenvalue weighted by Crippen LogP contribution is -2.37. The molecule has 3 heteroatoms. The SMILES string of the molecule is C=C(C)C(CO)(CO)C(C)=O. The number of carbonyl (C=O) groups excluding carboxylic acids is 1. The van der Waals surface area contributed by atoms with Gasteiger partial charge in [0.2, 0.25) is 0 Å². The Morgan fingerprint density at radius 2 is 1.73 bits per heavy atom. The number of ketones is 1. The van der Waals surface area contributed by atoms with Crippen LogP contribution < -0.4 is 0 Å².